The minimum Gasteiger partial charge on any atom is -0.481 e. The Hall–Kier alpha value is -1.26. The number of rotatable bonds is 2. The minimum absolute atomic E-state index is 0.113. The molecule has 5 heteroatoms. The zero-order chi connectivity index (χ0) is 15.5. The molecule has 0 heterocycles. The van der Waals surface area contributed by atoms with Crippen molar-refractivity contribution in [1.29, 1.82) is 0 Å². The number of amides is 1. The molecular weight excluding hydrogens is 270 g/mol. The highest BCUT2D eigenvalue weighted by molar-refractivity contribution is 5.71. The van der Waals surface area contributed by atoms with E-state index in [1.807, 2.05) is 20.8 Å². The van der Waals surface area contributed by atoms with Gasteiger partial charge < -0.3 is 15.2 Å². The lowest BCUT2D eigenvalue weighted by Gasteiger charge is -2.68. The number of alkyl carbamates (subject to hydrolysis) is 1. The summed E-state index contributed by atoms with van der Waals surface area (Å²) in [6.07, 6.45) is 5.72. The molecule has 21 heavy (non-hydrogen) atoms. The minimum atomic E-state index is -0.639. The summed E-state index contributed by atoms with van der Waals surface area (Å²) >= 11 is 0. The third-order valence-electron chi connectivity index (χ3n) is 5.29. The van der Waals surface area contributed by atoms with Gasteiger partial charge >= 0.3 is 12.1 Å². The van der Waals surface area contributed by atoms with Crippen LogP contribution in [0.4, 0.5) is 4.79 Å². The van der Waals surface area contributed by atoms with Gasteiger partial charge in [0.15, 0.2) is 0 Å². The number of hydrogen-bond donors (Lipinski definition) is 2. The van der Waals surface area contributed by atoms with Gasteiger partial charge in [0.05, 0.1) is 5.92 Å². The Balaban J connectivity index is 1.38. The molecule has 1 amide bonds. The van der Waals surface area contributed by atoms with E-state index in [1.165, 1.54) is 0 Å². The Morgan fingerprint density at radius 2 is 1.62 bits per heavy atom. The summed E-state index contributed by atoms with van der Waals surface area (Å²) in [5.41, 5.74) is 0.243. The molecule has 0 saturated heterocycles. The van der Waals surface area contributed by atoms with Gasteiger partial charge in [-0.15, -0.1) is 0 Å². The van der Waals surface area contributed by atoms with E-state index < -0.39 is 11.6 Å². The molecule has 0 aromatic rings. The first-order valence-corrected chi connectivity index (χ1v) is 7.83. The van der Waals surface area contributed by atoms with Crippen LogP contribution in [0.3, 0.4) is 0 Å². The van der Waals surface area contributed by atoms with Crippen LogP contribution in [0.25, 0.3) is 0 Å². The number of aliphatic carboxylic acids is 1. The van der Waals surface area contributed by atoms with Gasteiger partial charge in [0.2, 0.25) is 0 Å². The van der Waals surface area contributed by atoms with Gasteiger partial charge in [-0.1, -0.05) is 0 Å². The van der Waals surface area contributed by atoms with Crippen LogP contribution in [0.15, 0.2) is 0 Å². The number of nitrogens with one attached hydrogen (secondary N) is 1. The lowest BCUT2D eigenvalue weighted by atomic mass is 9.37. The molecule has 118 valence electrons. The highest BCUT2D eigenvalue weighted by Gasteiger charge is 2.64. The predicted octanol–water partition coefficient (Wildman–Crippen LogP) is 2.93. The van der Waals surface area contributed by atoms with E-state index in [1.54, 1.807) is 0 Å². The van der Waals surface area contributed by atoms with E-state index in [0.29, 0.717) is 10.8 Å². The lowest BCUT2D eigenvalue weighted by molar-refractivity contribution is -0.187. The molecule has 3 aliphatic carbocycles. The van der Waals surface area contributed by atoms with Gasteiger partial charge in [-0.05, 0) is 70.1 Å². The van der Waals surface area contributed by atoms with Crippen LogP contribution in [-0.4, -0.2) is 28.8 Å². The maximum atomic E-state index is 11.7. The van der Waals surface area contributed by atoms with E-state index in [-0.39, 0.29) is 18.1 Å². The Kier molecular flexibility index (Phi) is 3.05. The van der Waals surface area contributed by atoms with Crippen LogP contribution in [0, 0.1) is 16.7 Å². The molecule has 0 atom stereocenters. The molecule has 3 rings (SSSR count). The fourth-order valence-corrected chi connectivity index (χ4v) is 4.84. The lowest BCUT2D eigenvalue weighted by Crippen LogP contribution is -2.63. The van der Waals surface area contributed by atoms with Crippen molar-refractivity contribution in [3.8, 4) is 0 Å². The first-order chi connectivity index (χ1) is 9.61. The number of hydrogen-bond acceptors (Lipinski definition) is 3. The van der Waals surface area contributed by atoms with Crippen molar-refractivity contribution in [2.45, 2.75) is 70.9 Å². The van der Waals surface area contributed by atoms with Gasteiger partial charge in [-0.2, -0.15) is 0 Å². The highest BCUT2D eigenvalue weighted by atomic mass is 16.6. The Morgan fingerprint density at radius 3 is 2.10 bits per heavy atom. The first kappa shape index (κ1) is 14.7. The fourth-order valence-electron chi connectivity index (χ4n) is 4.84. The SMILES string of the molecule is CC(C)(C)OC(=O)NC1CC2(C1)CC1(CC(C(=O)O)C1)C2. The largest absolute Gasteiger partial charge is 0.481 e. The standard InChI is InChI=1S/C16H25NO4/c1-14(2,3)21-13(20)17-11-6-16(7-11)8-15(9-16)4-10(5-15)12(18)19/h10-11H,4-9H2,1-3H3,(H,17,20)(H,18,19). The summed E-state index contributed by atoms with van der Waals surface area (Å²) in [5.74, 6) is -0.752. The van der Waals surface area contributed by atoms with Crippen molar-refractivity contribution in [2.75, 3.05) is 0 Å². The van der Waals surface area contributed by atoms with Crippen molar-refractivity contribution in [3.63, 3.8) is 0 Å². The second-order valence-electron chi connectivity index (χ2n) is 8.55. The van der Waals surface area contributed by atoms with Crippen LogP contribution in [0.1, 0.15) is 59.3 Å². The van der Waals surface area contributed by atoms with Crippen molar-refractivity contribution in [2.24, 2.45) is 16.7 Å². The van der Waals surface area contributed by atoms with E-state index >= 15 is 0 Å². The van der Waals surface area contributed by atoms with Gasteiger partial charge in [0.1, 0.15) is 5.60 Å². The van der Waals surface area contributed by atoms with Crippen LogP contribution in [0.2, 0.25) is 0 Å². The number of carbonyl (C=O) groups is 2. The number of carboxylic acids is 1. The highest BCUT2D eigenvalue weighted by Crippen LogP contribution is 2.72. The molecule has 0 bridgehead atoms. The van der Waals surface area contributed by atoms with Crippen molar-refractivity contribution in [1.82, 2.24) is 5.32 Å². The molecular formula is C16H25NO4. The second-order valence-corrected chi connectivity index (χ2v) is 8.55. The van der Waals surface area contributed by atoms with E-state index in [0.717, 1.165) is 38.5 Å². The number of ether oxygens (including phenoxy) is 1. The molecule has 0 unspecified atom stereocenters. The molecule has 3 saturated carbocycles. The number of carboxylic acid groups (broad SMARTS) is 1. The summed E-state index contributed by atoms with van der Waals surface area (Å²) in [5, 5.41) is 11.9. The van der Waals surface area contributed by atoms with Crippen LogP contribution >= 0.6 is 0 Å². The molecule has 3 fully saturated rings. The van der Waals surface area contributed by atoms with E-state index in [2.05, 4.69) is 5.32 Å². The second kappa shape index (κ2) is 4.37. The summed E-state index contributed by atoms with van der Waals surface area (Å²) in [6.45, 7) is 5.58. The molecule has 0 aliphatic heterocycles. The van der Waals surface area contributed by atoms with Crippen molar-refractivity contribution in [3.05, 3.63) is 0 Å². The Bertz CT molecular complexity index is 457. The third kappa shape index (κ3) is 2.74. The topological polar surface area (TPSA) is 75.6 Å². The molecule has 0 radical (unpaired) electrons. The Labute approximate surface area is 125 Å². The summed E-state index contributed by atoms with van der Waals surface area (Å²) < 4.78 is 5.26. The summed E-state index contributed by atoms with van der Waals surface area (Å²) in [4.78, 5) is 22.6. The zero-order valence-electron chi connectivity index (χ0n) is 13.1. The summed E-state index contributed by atoms with van der Waals surface area (Å²) in [7, 11) is 0. The van der Waals surface area contributed by atoms with Crippen LogP contribution < -0.4 is 5.32 Å². The molecule has 0 aromatic heterocycles. The van der Waals surface area contributed by atoms with Crippen LogP contribution in [-0.2, 0) is 9.53 Å². The van der Waals surface area contributed by atoms with E-state index in [9.17, 15) is 9.59 Å². The molecule has 5 nitrogen and oxygen atoms in total. The molecule has 0 aromatic carbocycles. The van der Waals surface area contributed by atoms with Gasteiger partial charge in [0.25, 0.3) is 0 Å². The van der Waals surface area contributed by atoms with Crippen molar-refractivity contribution < 1.29 is 19.4 Å². The maximum Gasteiger partial charge on any atom is 0.407 e. The molecule has 2 N–H and O–H groups in total. The van der Waals surface area contributed by atoms with Gasteiger partial charge in [-0.25, -0.2) is 4.79 Å². The fraction of sp³-hybridized carbons (Fsp3) is 0.875. The third-order valence-corrected chi connectivity index (χ3v) is 5.29. The van der Waals surface area contributed by atoms with Crippen molar-refractivity contribution >= 4 is 12.1 Å². The molecule has 3 aliphatic rings. The van der Waals surface area contributed by atoms with Gasteiger partial charge in [0, 0.05) is 6.04 Å². The number of carbonyl (C=O) groups excluding carboxylic acids is 1. The Morgan fingerprint density at radius 1 is 1.10 bits per heavy atom. The smallest absolute Gasteiger partial charge is 0.407 e. The zero-order valence-corrected chi connectivity index (χ0v) is 13.1. The molecule has 2 spiro atoms. The summed E-state index contributed by atoms with van der Waals surface area (Å²) in [6, 6.07) is 0.229. The quantitative estimate of drug-likeness (QED) is 0.821. The maximum absolute atomic E-state index is 11.7. The van der Waals surface area contributed by atoms with Crippen LogP contribution in [0.5, 0.6) is 0 Å². The van der Waals surface area contributed by atoms with Gasteiger partial charge in [-0.3, -0.25) is 4.79 Å². The first-order valence-electron chi connectivity index (χ1n) is 7.83. The predicted molar refractivity (Wildman–Crippen MR) is 76.9 cm³/mol. The normalized spacial score (nSPS) is 40.9. The average Bonchev–Trinajstić information content (AvgIpc) is 2.12. The van der Waals surface area contributed by atoms with E-state index in [4.69, 9.17) is 9.84 Å². The monoisotopic (exact) mass is 295 g/mol. The average molecular weight is 295 g/mol.